The number of aromatic carboxylic acids is 1. The van der Waals surface area contributed by atoms with Crippen molar-refractivity contribution < 1.29 is 19.6 Å². The van der Waals surface area contributed by atoms with Crippen molar-refractivity contribution in [2.45, 2.75) is 13.3 Å². The highest BCUT2D eigenvalue weighted by atomic mass is 32.2. The standard InChI is InChI=1S/C12H15NO5S/c1-2-19-7-3-6-18-9-4-5-11(13(16)17)10(8-9)12(14)15/h4-5,8H,2-3,6-7H2,1H3,(H,14,15). The summed E-state index contributed by atoms with van der Waals surface area (Å²) in [7, 11) is 0. The number of rotatable bonds is 8. The molecular weight excluding hydrogens is 270 g/mol. The van der Waals surface area contributed by atoms with Gasteiger partial charge in [-0.15, -0.1) is 0 Å². The van der Waals surface area contributed by atoms with E-state index in [1.807, 2.05) is 0 Å². The lowest BCUT2D eigenvalue weighted by Crippen LogP contribution is -2.04. The lowest BCUT2D eigenvalue weighted by atomic mass is 10.1. The van der Waals surface area contributed by atoms with Crippen LogP contribution in [0.2, 0.25) is 0 Å². The first-order chi connectivity index (χ1) is 9.06. The van der Waals surface area contributed by atoms with Crippen LogP contribution in [0.1, 0.15) is 23.7 Å². The molecule has 0 spiro atoms. The number of carboxylic acid groups (broad SMARTS) is 1. The fourth-order valence-corrected chi connectivity index (χ4v) is 2.04. The maximum Gasteiger partial charge on any atom is 0.342 e. The average Bonchev–Trinajstić information content (AvgIpc) is 2.38. The summed E-state index contributed by atoms with van der Waals surface area (Å²) in [6.45, 7) is 2.53. The van der Waals surface area contributed by atoms with Crippen molar-refractivity contribution in [1.29, 1.82) is 0 Å². The topological polar surface area (TPSA) is 89.7 Å². The number of hydrogen-bond acceptors (Lipinski definition) is 5. The molecule has 0 aliphatic heterocycles. The van der Waals surface area contributed by atoms with E-state index in [2.05, 4.69) is 6.92 Å². The predicted molar refractivity (Wildman–Crippen MR) is 73.2 cm³/mol. The maximum absolute atomic E-state index is 10.9. The molecule has 104 valence electrons. The summed E-state index contributed by atoms with van der Waals surface area (Å²) in [5.41, 5.74) is -0.785. The molecule has 1 rings (SSSR count). The second-order valence-electron chi connectivity index (χ2n) is 3.64. The Balaban J connectivity index is 2.68. The number of carboxylic acids is 1. The quantitative estimate of drug-likeness (QED) is 0.449. The lowest BCUT2D eigenvalue weighted by molar-refractivity contribution is -0.385. The minimum atomic E-state index is -1.33. The van der Waals surface area contributed by atoms with Gasteiger partial charge < -0.3 is 9.84 Å². The molecule has 0 aliphatic rings. The summed E-state index contributed by atoms with van der Waals surface area (Å²) < 4.78 is 5.38. The third kappa shape index (κ3) is 4.78. The molecule has 0 amide bonds. The fourth-order valence-electron chi connectivity index (χ4n) is 1.43. The Hall–Kier alpha value is -1.76. The van der Waals surface area contributed by atoms with E-state index in [9.17, 15) is 14.9 Å². The van der Waals surface area contributed by atoms with Gasteiger partial charge in [-0.25, -0.2) is 4.79 Å². The van der Waals surface area contributed by atoms with Crippen LogP contribution in [0.5, 0.6) is 5.75 Å². The monoisotopic (exact) mass is 285 g/mol. The summed E-state index contributed by atoms with van der Waals surface area (Å²) in [5.74, 6) is 1.01. The number of carbonyl (C=O) groups is 1. The number of ether oxygens (including phenoxy) is 1. The number of thioether (sulfide) groups is 1. The second kappa shape index (κ2) is 7.63. The van der Waals surface area contributed by atoms with E-state index in [1.54, 1.807) is 11.8 Å². The zero-order valence-corrected chi connectivity index (χ0v) is 11.3. The molecule has 1 aromatic carbocycles. The van der Waals surface area contributed by atoms with Gasteiger partial charge in [-0.1, -0.05) is 6.92 Å². The minimum Gasteiger partial charge on any atom is -0.494 e. The molecular formula is C12H15NO5S. The number of benzene rings is 1. The van der Waals surface area contributed by atoms with Crippen LogP contribution in [0.3, 0.4) is 0 Å². The Kier molecular flexibility index (Phi) is 6.14. The van der Waals surface area contributed by atoms with E-state index < -0.39 is 16.6 Å². The molecule has 0 heterocycles. The summed E-state index contributed by atoms with van der Waals surface area (Å²) in [6, 6.07) is 3.75. The normalized spacial score (nSPS) is 10.2. The second-order valence-corrected chi connectivity index (χ2v) is 5.03. The van der Waals surface area contributed by atoms with Crippen LogP contribution < -0.4 is 4.74 Å². The van der Waals surface area contributed by atoms with Gasteiger partial charge in [0, 0.05) is 12.1 Å². The first-order valence-corrected chi connectivity index (χ1v) is 6.94. The molecule has 19 heavy (non-hydrogen) atoms. The van der Waals surface area contributed by atoms with Gasteiger partial charge in [0.1, 0.15) is 11.3 Å². The van der Waals surface area contributed by atoms with Crippen LogP contribution in [0.25, 0.3) is 0 Å². The zero-order chi connectivity index (χ0) is 14.3. The van der Waals surface area contributed by atoms with Crippen molar-refractivity contribution in [2.24, 2.45) is 0 Å². The molecule has 0 aliphatic carbocycles. The lowest BCUT2D eigenvalue weighted by Gasteiger charge is -2.06. The molecule has 7 heteroatoms. The molecule has 0 fully saturated rings. The van der Waals surface area contributed by atoms with Gasteiger partial charge in [-0.05, 0) is 24.0 Å². The highest BCUT2D eigenvalue weighted by molar-refractivity contribution is 7.99. The Morgan fingerprint density at radius 3 is 2.84 bits per heavy atom. The van der Waals surface area contributed by atoms with E-state index in [1.165, 1.54) is 12.1 Å². The van der Waals surface area contributed by atoms with Crippen molar-refractivity contribution >= 4 is 23.4 Å². The van der Waals surface area contributed by atoms with Gasteiger partial charge in [0.05, 0.1) is 11.5 Å². The molecule has 0 saturated carbocycles. The highest BCUT2D eigenvalue weighted by Crippen LogP contribution is 2.24. The summed E-state index contributed by atoms with van der Waals surface area (Å²) in [6.07, 6.45) is 0.845. The van der Waals surface area contributed by atoms with Crippen molar-refractivity contribution in [2.75, 3.05) is 18.1 Å². The van der Waals surface area contributed by atoms with Crippen LogP contribution in [-0.4, -0.2) is 34.1 Å². The smallest absolute Gasteiger partial charge is 0.342 e. The van der Waals surface area contributed by atoms with Gasteiger partial charge in [-0.2, -0.15) is 11.8 Å². The Morgan fingerprint density at radius 2 is 2.26 bits per heavy atom. The summed E-state index contributed by atoms with van der Waals surface area (Å²) >= 11 is 1.79. The Bertz CT molecular complexity index is 463. The predicted octanol–water partition coefficient (Wildman–Crippen LogP) is 2.82. The highest BCUT2D eigenvalue weighted by Gasteiger charge is 2.20. The number of nitro groups is 1. The van der Waals surface area contributed by atoms with E-state index >= 15 is 0 Å². The van der Waals surface area contributed by atoms with Crippen LogP contribution in [0, 0.1) is 10.1 Å². The maximum atomic E-state index is 10.9. The van der Waals surface area contributed by atoms with Crippen molar-refractivity contribution in [1.82, 2.24) is 0 Å². The van der Waals surface area contributed by atoms with Gasteiger partial charge in [0.2, 0.25) is 0 Å². The molecule has 0 unspecified atom stereocenters. The average molecular weight is 285 g/mol. The first kappa shape index (κ1) is 15.3. The van der Waals surface area contributed by atoms with E-state index in [0.29, 0.717) is 12.4 Å². The van der Waals surface area contributed by atoms with Crippen molar-refractivity contribution in [3.8, 4) is 5.75 Å². The van der Waals surface area contributed by atoms with Crippen LogP contribution >= 0.6 is 11.8 Å². The number of nitrogens with zero attached hydrogens (tertiary/aromatic N) is 1. The molecule has 0 atom stereocenters. The summed E-state index contributed by atoms with van der Waals surface area (Å²) in [4.78, 5) is 20.9. The minimum absolute atomic E-state index is 0.337. The van der Waals surface area contributed by atoms with Gasteiger partial charge in [-0.3, -0.25) is 10.1 Å². The molecule has 1 aromatic rings. The molecule has 0 radical (unpaired) electrons. The van der Waals surface area contributed by atoms with E-state index in [0.717, 1.165) is 24.0 Å². The van der Waals surface area contributed by atoms with Crippen LogP contribution in [0.15, 0.2) is 18.2 Å². The fraction of sp³-hybridized carbons (Fsp3) is 0.417. The Labute approximate surface area is 114 Å². The number of nitro benzene ring substituents is 1. The van der Waals surface area contributed by atoms with Crippen LogP contribution in [0.4, 0.5) is 5.69 Å². The molecule has 0 aromatic heterocycles. The van der Waals surface area contributed by atoms with E-state index in [-0.39, 0.29) is 5.56 Å². The van der Waals surface area contributed by atoms with Crippen molar-refractivity contribution in [3.05, 3.63) is 33.9 Å². The first-order valence-electron chi connectivity index (χ1n) is 5.78. The van der Waals surface area contributed by atoms with Crippen molar-refractivity contribution in [3.63, 3.8) is 0 Å². The van der Waals surface area contributed by atoms with Gasteiger partial charge in [0.25, 0.3) is 5.69 Å². The van der Waals surface area contributed by atoms with Gasteiger partial charge in [0.15, 0.2) is 0 Å². The largest absolute Gasteiger partial charge is 0.494 e. The zero-order valence-electron chi connectivity index (χ0n) is 10.5. The SMILES string of the molecule is CCSCCCOc1ccc([N+](=O)[O-])c(C(=O)O)c1. The van der Waals surface area contributed by atoms with Gasteiger partial charge >= 0.3 is 5.97 Å². The molecule has 6 nitrogen and oxygen atoms in total. The third-order valence-electron chi connectivity index (χ3n) is 2.30. The van der Waals surface area contributed by atoms with E-state index in [4.69, 9.17) is 9.84 Å². The molecule has 1 N–H and O–H groups in total. The number of hydrogen-bond donors (Lipinski definition) is 1. The Morgan fingerprint density at radius 1 is 1.53 bits per heavy atom. The molecule has 0 saturated heterocycles. The summed E-state index contributed by atoms with van der Waals surface area (Å²) in [5, 5.41) is 19.6. The molecule has 0 bridgehead atoms. The third-order valence-corrected chi connectivity index (χ3v) is 3.29. The van der Waals surface area contributed by atoms with Crippen LogP contribution in [-0.2, 0) is 0 Å².